The van der Waals surface area contributed by atoms with Gasteiger partial charge in [0.05, 0.1) is 0 Å². The van der Waals surface area contributed by atoms with Crippen molar-refractivity contribution < 1.29 is 4.79 Å². The van der Waals surface area contributed by atoms with Crippen LogP contribution in [0.4, 0.5) is 0 Å². The lowest BCUT2D eigenvalue weighted by atomic mass is 9.80. The Bertz CT molecular complexity index is 288. The maximum atomic E-state index is 11.3. The van der Waals surface area contributed by atoms with Gasteiger partial charge in [0, 0.05) is 37.6 Å². The SMILES string of the molecule is NC1CC(N2CCC3NC(=O)CCC3C2)C1. The van der Waals surface area contributed by atoms with E-state index in [1.807, 2.05) is 0 Å². The number of hydrogen-bond acceptors (Lipinski definition) is 3. The fourth-order valence-corrected chi connectivity index (χ4v) is 3.40. The highest BCUT2D eigenvalue weighted by molar-refractivity contribution is 5.77. The Morgan fingerprint density at radius 1 is 1.31 bits per heavy atom. The van der Waals surface area contributed by atoms with Crippen molar-refractivity contribution in [3.05, 3.63) is 0 Å². The molecule has 2 aliphatic heterocycles. The Morgan fingerprint density at radius 2 is 2.12 bits per heavy atom. The number of amides is 1. The van der Waals surface area contributed by atoms with Gasteiger partial charge in [-0.1, -0.05) is 0 Å². The summed E-state index contributed by atoms with van der Waals surface area (Å²) in [5.74, 6) is 0.934. The molecular weight excluding hydrogens is 202 g/mol. The third kappa shape index (κ3) is 1.84. The van der Waals surface area contributed by atoms with Crippen LogP contribution in [0.2, 0.25) is 0 Å². The molecule has 0 aromatic rings. The zero-order valence-corrected chi connectivity index (χ0v) is 9.69. The van der Waals surface area contributed by atoms with Crippen LogP contribution in [-0.4, -0.2) is 42.0 Å². The smallest absolute Gasteiger partial charge is 0.220 e. The van der Waals surface area contributed by atoms with E-state index in [0.29, 0.717) is 18.0 Å². The van der Waals surface area contributed by atoms with Crippen LogP contribution in [0.1, 0.15) is 32.1 Å². The minimum absolute atomic E-state index is 0.250. The quantitative estimate of drug-likeness (QED) is 0.662. The molecule has 90 valence electrons. The lowest BCUT2D eigenvalue weighted by molar-refractivity contribution is -0.125. The van der Waals surface area contributed by atoms with Crippen LogP contribution in [0, 0.1) is 5.92 Å². The van der Waals surface area contributed by atoms with Gasteiger partial charge in [0.15, 0.2) is 0 Å². The van der Waals surface area contributed by atoms with E-state index in [2.05, 4.69) is 10.2 Å². The molecule has 3 N–H and O–H groups in total. The number of nitrogens with two attached hydrogens (primary N) is 1. The van der Waals surface area contributed by atoms with Crippen molar-refractivity contribution in [2.45, 2.75) is 50.2 Å². The van der Waals surface area contributed by atoms with Crippen molar-refractivity contribution in [3.8, 4) is 0 Å². The minimum atomic E-state index is 0.250. The van der Waals surface area contributed by atoms with E-state index in [0.717, 1.165) is 31.8 Å². The molecule has 3 aliphatic rings. The lowest BCUT2D eigenvalue weighted by Crippen LogP contribution is -2.59. The number of likely N-dealkylation sites (tertiary alicyclic amines) is 1. The van der Waals surface area contributed by atoms with Crippen molar-refractivity contribution in [1.82, 2.24) is 10.2 Å². The van der Waals surface area contributed by atoms with Crippen molar-refractivity contribution >= 4 is 5.91 Å². The molecule has 4 nitrogen and oxygen atoms in total. The highest BCUT2D eigenvalue weighted by Crippen LogP contribution is 2.31. The van der Waals surface area contributed by atoms with Gasteiger partial charge in [0.25, 0.3) is 0 Å². The highest BCUT2D eigenvalue weighted by Gasteiger charge is 2.39. The third-order valence-corrected chi connectivity index (χ3v) is 4.52. The Morgan fingerprint density at radius 3 is 2.88 bits per heavy atom. The van der Waals surface area contributed by atoms with Gasteiger partial charge in [-0.15, -0.1) is 0 Å². The van der Waals surface area contributed by atoms with E-state index in [9.17, 15) is 4.79 Å². The molecule has 0 bridgehead atoms. The van der Waals surface area contributed by atoms with Gasteiger partial charge >= 0.3 is 0 Å². The Labute approximate surface area is 96.5 Å². The van der Waals surface area contributed by atoms with Crippen molar-refractivity contribution in [3.63, 3.8) is 0 Å². The molecule has 16 heavy (non-hydrogen) atoms. The van der Waals surface area contributed by atoms with Gasteiger partial charge in [-0.25, -0.2) is 0 Å². The van der Waals surface area contributed by atoms with Crippen LogP contribution in [0.5, 0.6) is 0 Å². The highest BCUT2D eigenvalue weighted by atomic mass is 16.1. The fraction of sp³-hybridized carbons (Fsp3) is 0.917. The summed E-state index contributed by atoms with van der Waals surface area (Å²) in [4.78, 5) is 13.9. The monoisotopic (exact) mass is 223 g/mol. The fourth-order valence-electron chi connectivity index (χ4n) is 3.40. The summed E-state index contributed by atoms with van der Waals surface area (Å²) in [5.41, 5.74) is 5.84. The van der Waals surface area contributed by atoms with Crippen LogP contribution in [-0.2, 0) is 4.79 Å². The summed E-state index contributed by atoms with van der Waals surface area (Å²) in [6.07, 6.45) is 5.26. The molecule has 0 aromatic carbocycles. The molecule has 0 aromatic heterocycles. The normalized spacial score (nSPS) is 44.4. The first-order chi connectivity index (χ1) is 7.72. The van der Waals surface area contributed by atoms with E-state index in [4.69, 9.17) is 5.73 Å². The Hall–Kier alpha value is -0.610. The molecule has 3 rings (SSSR count). The average Bonchev–Trinajstić information content (AvgIpc) is 2.24. The summed E-state index contributed by atoms with van der Waals surface area (Å²) < 4.78 is 0. The van der Waals surface area contributed by atoms with E-state index >= 15 is 0 Å². The molecule has 1 saturated carbocycles. The summed E-state index contributed by atoms with van der Waals surface area (Å²) in [5, 5.41) is 3.13. The third-order valence-electron chi connectivity index (χ3n) is 4.52. The second-order valence-corrected chi connectivity index (χ2v) is 5.64. The zero-order valence-electron chi connectivity index (χ0n) is 9.69. The maximum Gasteiger partial charge on any atom is 0.220 e. The Balaban J connectivity index is 1.57. The van der Waals surface area contributed by atoms with Gasteiger partial charge in [0.2, 0.25) is 5.91 Å². The summed E-state index contributed by atoms with van der Waals surface area (Å²) in [6, 6.07) is 1.62. The zero-order chi connectivity index (χ0) is 11.1. The standard InChI is InChI=1S/C12H21N3O/c13-9-5-10(6-9)15-4-3-11-8(7-15)1-2-12(16)14-11/h8-11H,1-7,13H2,(H,14,16). The minimum Gasteiger partial charge on any atom is -0.353 e. The van der Waals surface area contributed by atoms with E-state index in [1.165, 1.54) is 19.4 Å². The van der Waals surface area contributed by atoms with E-state index < -0.39 is 0 Å². The number of carbonyl (C=O) groups excluding carboxylic acids is 1. The summed E-state index contributed by atoms with van der Waals surface area (Å²) in [7, 11) is 0. The van der Waals surface area contributed by atoms with Crippen LogP contribution in [0.3, 0.4) is 0 Å². The molecule has 2 atom stereocenters. The number of hydrogen-bond donors (Lipinski definition) is 2. The topological polar surface area (TPSA) is 58.4 Å². The molecule has 4 heteroatoms. The second-order valence-electron chi connectivity index (χ2n) is 5.64. The second kappa shape index (κ2) is 4.00. The van der Waals surface area contributed by atoms with E-state index in [1.54, 1.807) is 0 Å². The first kappa shape index (κ1) is 10.5. The van der Waals surface area contributed by atoms with Gasteiger partial charge in [0.1, 0.15) is 0 Å². The number of piperidine rings is 2. The van der Waals surface area contributed by atoms with Gasteiger partial charge in [-0.05, 0) is 31.6 Å². The first-order valence-electron chi connectivity index (χ1n) is 6.51. The number of fused-ring (bicyclic) bond motifs is 1. The van der Waals surface area contributed by atoms with Crippen LogP contribution >= 0.6 is 0 Å². The molecule has 1 aliphatic carbocycles. The van der Waals surface area contributed by atoms with Crippen molar-refractivity contribution in [1.29, 1.82) is 0 Å². The summed E-state index contributed by atoms with van der Waals surface area (Å²) in [6.45, 7) is 2.31. The largest absolute Gasteiger partial charge is 0.353 e. The molecule has 3 fully saturated rings. The number of nitrogens with zero attached hydrogens (tertiary/aromatic N) is 1. The van der Waals surface area contributed by atoms with Crippen molar-refractivity contribution in [2.24, 2.45) is 11.7 Å². The molecule has 2 saturated heterocycles. The van der Waals surface area contributed by atoms with Crippen LogP contribution in [0.25, 0.3) is 0 Å². The van der Waals surface area contributed by atoms with E-state index in [-0.39, 0.29) is 5.91 Å². The average molecular weight is 223 g/mol. The lowest BCUT2D eigenvalue weighted by Gasteiger charge is -2.48. The number of carbonyl (C=O) groups is 1. The van der Waals surface area contributed by atoms with Gasteiger partial charge in [-0.2, -0.15) is 0 Å². The number of rotatable bonds is 1. The van der Waals surface area contributed by atoms with Crippen LogP contribution in [0.15, 0.2) is 0 Å². The molecule has 1 amide bonds. The first-order valence-corrected chi connectivity index (χ1v) is 6.51. The summed E-state index contributed by atoms with van der Waals surface area (Å²) >= 11 is 0. The maximum absolute atomic E-state index is 11.3. The predicted molar refractivity (Wildman–Crippen MR) is 61.8 cm³/mol. The Kier molecular flexibility index (Phi) is 2.64. The van der Waals surface area contributed by atoms with Gasteiger partial charge < -0.3 is 11.1 Å². The van der Waals surface area contributed by atoms with Gasteiger partial charge in [-0.3, -0.25) is 9.69 Å². The molecule has 2 heterocycles. The van der Waals surface area contributed by atoms with Crippen molar-refractivity contribution in [2.75, 3.05) is 13.1 Å². The molecule has 0 radical (unpaired) electrons. The predicted octanol–water partition coefficient (Wildman–Crippen LogP) is 0.0766. The van der Waals surface area contributed by atoms with Crippen LogP contribution < -0.4 is 11.1 Å². The molecule has 2 unspecified atom stereocenters. The number of nitrogens with one attached hydrogen (secondary N) is 1. The molecule has 0 spiro atoms. The molecular formula is C12H21N3O.